The van der Waals surface area contributed by atoms with Crippen molar-refractivity contribution in [2.45, 2.75) is 13.8 Å². The quantitative estimate of drug-likeness (QED) is 0.452. The smallest absolute Gasteiger partial charge is 0.308 e. The van der Waals surface area contributed by atoms with Crippen LogP contribution in [0.25, 0.3) is 10.9 Å². The first-order chi connectivity index (χ1) is 8.04. The molecule has 2 rings (SSSR count). The third kappa shape index (κ3) is 1.82. The first-order valence-corrected chi connectivity index (χ1v) is 5.27. The first kappa shape index (κ1) is 11.4. The molecule has 0 saturated carbocycles. The second-order valence-corrected chi connectivity index (χ2v) is 3.95. The van der Waals surface area contributed by atoms with Gasteiger partial charge in [0.2, 0.25) is 0 Å². The molecule has 0 N–H and O–H groups in total. The highest BCUT2D eigenvalue weighted by Crippen LogP contribution is 2.27. The molecule has 0 bridgehead atoms. The molecule has 0 amide bonds. The molecule has 0 fully saturated rings. The number of hydrogen-bond donors (Lipinski definition) is 0. The number of ether oxygens (including phenoxy) is 1. The van der Waals surface area contributed by atoms with Gasteiger partial charge in [-0.25, -0.2) is 0 Å². The molecule has 4 heteroatoms. The monoisotopic (exact) mass is 231 g/mol. The van der Waals surface area contributed by atoms with E-state index in [1.165, 1.54) is 6.92 Å². The second-order valence-electron chi connectivity index (χ2n) is 3.95. The van der Waals surface area contributed by atoms with Crippen LogP contribution in [0.4, 0.5) is 0 Å². The molecule has 0 aliphatic rings. The van der Waals surface area contributed by atoms with E-state index < -0.39 is 0 Å². The minimum absolute atomic E-state index is 0.371. The van der Waals surface area contributed by atoms with Gasteiger partial charge in [0.1, 0.15) is 5.75 Å². The summed E-state index contributed by atoms with van der Waals surface area (Å²) in [7, 11) is 1.90. The van der Waals surface area contributed by atoms with Crippen LogP contribution in [0.5, 0.6) is 5.75 Å². The summed E-state index contributed by atoms with van der Waals surface area (Å²) in [4.78, 5) is 21.9. The number of benzene rings is 1. The van der Waals surface area contributed by atoms with Crippen LogP contribution in [0.1, 0.15) is 23.0 Å². The number of aromatic nitrogens is 1. The number of rotatable bonds is 2. The lowest BCUT2D eigenvalue weighted by molar-refractivity contribution is -0.131. The van der Waals surface area contributed by atoms with Crippen molar-refractivity contribution >= 4 is 23.2 Å². The van der Waals surface area contributed by atoms with E-state index in [1.807, 2.05) is 24.6 Å². The Balaban J connectivity index is 2.67. The van der Waals surface area contributed by atoms with Crippen LogP contribution in [-0.2, 0) is 11.8 Å². The number of aryl methyl sites for hydroxylation is 1. The van der Waals surface area contributed by atoms with Crippen molar-refractivity contribution in [1.29, 1.82) is 0 Å². The molecular formula is C13H13NO3. The largest absolute Gasteiger partial charge is 0.427 e. The lowest BCUT2D eigenvalue weighted by atomic mass is 10.1. The number of carbonyl (C=O) groups is 2. The number of nitrogens with zero attached hydrogens (tertiary/aromatic N) is 1. The number of aldehydes is 1. The van der Waals surface area contributed by atoms with Gasteiger partial charge in [0.15, 0.2) is 6.29 Å². The third-order valence-electron chi connectivity index (χ3n) is 2.89. The third-order valence-corrected chi connectivity index (χ3v) is 2.89. The number of hydrogen-bond acceptors (Lipinski definition) is 3. The average molecular weight is 231 g/mol. The number of fused-ring (bicyclic) bond motifs is 1. The molecule has 17 heavy (non-hydrogen) atoms. The molecular weight excluding hydrogens is 218 g/mol. The highest BCUT2D eigenvalue weighted by molar-refractivity contribution is 6.00. The summed E-state index contributed by atoms with van der Waals surface area (Å²) in [5.41, 5.74) is 2.48. The Kier molecular flexibility index (Phi) is 2.71. The summed E-state index contributed by atoms with van der Waals surface area (Å²) in [5.74, 6) is 0.0864. The maximum atomic E-state index is 11.1. The number of esters is 1. The van der Waals surface area contributed by atoms with Gasteiger partial charge in [0.25, 0.3) is 0 Å². The van der Waals surface area contributed by atoms with Gasteiger partial charge in [-0.3, -0.25) is 9.59 Å². The molecule has 0 aliphatic carbocycles. The summed E-state index contributed by atoms with van der Waals surface area (Å²) in [5, 5.41) is 0.804. The van der Waals surface area contributed by atoms with Crippen molar-refractivity contribution in [2.75, 3.05) is 0 Å². The molecule has 2 aromatic rings. The Labute approximate surface area is 98.8 Å². The Bertz CT molecular complexity index is 611. The SMILES string of the molecule is CC(=O)Oc1ccc2c(c1)c(C=O)c(C)n2C. The minimum Gasteiger partial charge on any atom is -0.427 e. The van der Waals surface area contributed by atoms with Crippen LogP contribution in [0.2, 0.25) is 0 Å². The summed E-state index contributed by atoms with van der Waals surface area (Å²) >= 11 is 0. The van der Waals surface area contributed by atoms with Crippen molar-refractivity contribution in [3.05, 3.63) is 29.5 Å². The van der Waals surface area contributed by atoms with Crippen molar-refractivity contribution in [3.63, 3.8) is 0 Å². The summed E-state index contributed by atoms with van der Waals surface area (Å²) < 4.78 is 6.95. The molecule has 0 spiro atoms. The normalized spacial score (nSPS) is 10.5. The van der Waals surface area contributed by atoms with Crippen LogP contribution < -0.4 is 4.74 Å². The van der Waals surface area contributed by atoms with Gasteiger partial charge in [-0.2, -0.15) is 0 Å². The standard InChI is InChI=1S/C13H13NO3/c1-8-12(7-15)11-6-10(17-9(2)16)4-5-13(11)14(8)3/h4-7H,1-3H3. The van der Waals surface area contributed by atoms with E-state index >= 15 is 0 Å². The second kappa shape index (κ2) is 4.05. The van der Waals surface area contributed by atoms with Crippen molar-refractivity contribution in [1.82, 2.24) is 4.57 Å². The van der Waals surface area contributed by atoms with Gasteiger partial charge in [0.05, 0.1) is 0 Å². The van der Waals surface area contributed by atoms with Crippen LogP contribution >= 0.6 is 0 Å². The van der Waals surface area contributed by atoms with Crippen molar-refractivity contribution < 1.29 is 14.3 Å². The van der Waals surface area contributed by atoms with E-state index in [1.54, 1.807) is 12.1 Å². The van der Waals surface area contributed by atoms with Crippen LogP contribution in [0.3, 0.4) is 0 Å². The maximum absolute atomic E-state index is 11.1. The topological polar surface area (TPSA) is 48.3 Å². The van der Waals surface area contributed by atoms with E-state index in [2.05, 4.69) is 0 Å². The van der Waals surface area contributed by atoms with Gasteiger partial charge in [-0.05, 0) is 25.1 Å². The summed E-state index contributed by atoms with van der Waals surface area (Å²) in [6.07, 6.45) is 0.829. The molecule has 0 radical (unpaired) electrons. The fraction of sp³-hybridized carbons (Fsp3) is 0.231. The molecule has 1 heterocycles. The molecule has 1 aromatic carbocycles. The number of carbonyl (C=O) groups excluding carboxylic acids is 2. The lowest BCUT2D eigenvalue weighted by Crippen LogP contribution is -2.01. The van der Waals surface area contributed by atoms with Gasteiger partial charge in [-0.1, -0.05) is 0 Å². The van der Waals surface area contributed by atoms with Gasteiger partial charge >= 0.3 is 5.97 Å². The molecule has 1 aromatic heterocycles. The Hall–Kier alpha value is -2.10. The predicted molar refractivity (Wildman–Crippen MR) is 64.4 cm³/mol. The zero-order chi connectivity index (χ0) is 12.6. The Morgan fingerprint density at radius 3 is 2.71 bits per heavy atom. The zero-order valence-electron chi connectivity index (χ0n) is 9.98. The molecule has 88 valence electrons. The van der Waals surface area contributed by atoms with E-state index in [0.29, 0.717) is 11.3 Å². The molecule has 4 nitrogen and oxygen atoms in total. The van der Waals surface area contributed by atoms with E-state index in [4.69, 9.17) is 4.74 Å². The van der Waals surface area contributed by atoms with Gasteiger partial charge < -0.3 is 9.30 Å². The highest BCUT2D eigenvalue weighted by atomic mass is 16.5. The van der Waals surface area contributed by atoms with E-state index in [9.17, 15) is 9.59 Å². The maximum Gasteiger partial charge on any atom is 0.308 e. The van der Waals surface area contributed by atoms with E-state index in [-0.39, 0.29) is 5.97 Å². The molecule has 0 atom stereocenters. The highest BCUT2D eigenvalue weighted by Gasteiger charge is 2.12. The predicted octanol–water partition coefficient (Wildman–Crippen LogP) is 2.22. The molecule has 0 saturated heterocycles. The van der Waals surface area contributed by atoms with Crippen molar-refractivity contribution in [3.8, 4) is 5.75 Å². The Morgan fingerprint density at radius 1 is 1.41 bits per heavy atom. The summed E-state index contributed by atoms with van der Waals surface area (Å²) in [6.45, 7) is 3.23. The molecule has 0 unspecified atom stereocenters. The zero-order valence-corrected chi connectivity index (χ0v) is 9.98. The average Bonchev–Trinajstić information content (AvgIpc) is 2.50. The van der Waals surface area contributed by atoms with Gasteiger partial charge in [-0.15, -0.1) is 0 Å². The molecule has 0 aliphatic heterocycles. The fourth-order valence-electron chi connectivity index (χ4n) is 1.96. The van der Waals surface area contributed by atoms with Crippen LogP contribution in [0, 0.1) is 6.92 Å². The fourth-order valence-corrected chi connectivity index (χ4v) is 1.96. The van der Waals surface area contributed by atoms with Crippen LogP contribution in [0.15, 0.2) is 18.2 Å². The van der Waals surface area contributed by atoms with Crippen molar-refractivity contribution in [2.24, 2.45) is 7.05 Å². The van der Waals surface area contributed by atoms with Gasteiger partial charge in [0, 0.05) is 36.1 Å². The summed E-state index contributed by atoms with van der Waals surface area (Å²) in [6, 6.07) is 5.28. The Morgan fingerprint density at radius 2 is 2.12 bits per heavy atom. The van der Waals surface area contributed by atoms with E-state index in [0.717, 1.165) is 22.9 Å². The van der Waals surface area contributed by atoms with Crippen LogP contribution in [-0.4, -0.2) is 16.8 Å². The lowest BCUT2D eigenvalue weighted by Gasteiger charge is -2.02. The first-order valence-electron chi connectivity index (χ1n) is 5.27. The minimum atomic E-state index is -0.371.